The van der Waals surface area contributed by atoms with Crippen LogP contribution in [0.15, 0.2) is 45.5 Å². The van der Waals surface area contributed by atoms with Crippen molar-refractivity contribution in [3.63, 3.8) is 0 Å². The molecule has 0 saturated heterocycles. The predicted octanol–water partition coefficient (Wildman–Crippen LogP) is 3.18. The molecule has 7 nitrogen and oxygen atoms in total. The van der Waals surface area contributed by atoms with Gasteiger partial charge in [0.15, 0.2) is 11.5 Å². The molecule has 1 aliphatic rings. The van der Waals surface area contributed by atoms with Gasteiger partial charge < -0.3 is 13.9 Å². The lowest BCUT2D eigenvalue weighted by molar-refractivity contribution is -0.112. The van der Waals surface area contributed by atoms with Gasteiger partial charge in [0.2, 0.25) is 6.79 Å². The Morgan fingerprint density at radius 3 is 3.00 bits per heavy atom. The van der Waals surface area contributed by atoms with Crippen LogP contribution in [0.4, 0.5) is 6.01 Å². The van der Waals surface area contributed by atoms with Crippen LogP contribution in [0.5, 0.6) is 11.5 Å². The molecular formula is C16H11N3O4S. The maximum atomic E-state index is 11.9. The summed E-state index contributed by atoms with van der Waals surface area (Å²) in [6.07, 6.45) is 3.04. The number of hydrogen-bond acceptors (Lipinski definition) is 7. The summed E-state index contributed by atoms with van der Waals surface area (Å²) in [5.74, 6) is 1.36. The summed E-state index contributed by atoms with van der Waals surface area (Å²) in [7, 11) is 0. The highest BCUT2D eigenvalue weighted by atomic mass is 32.1. The molecule has 24 heavy (non-hydrogen) atoms. The Morgan fingerprint density at radius 1 is 1.21 bits per heavy atom. The molecule has 0 atom stereocenters. The third-order valence-electron chi connectivity index (χ3n) is 3.25. The Bertz CT molecular complexity index is 902. The second kappa shape index (κ2) is 6.17. The predicted molar refractivity (Wildman–Crippen MR) is 87.8 cm³/mol. The highest BCUT2D eigenvalue weighted by molar-refractivity contribution is 7.08. The molecule has 4 rings (SSSR count). The molecule has 3 aromatic rings. The molecule has 1 aromatic carbocycles. The number of anilines is 1. The zero-order valence-electron chi connectivity index (χ0n) is 12.3. The van der Waals surface area contributed by atoms with Gasteiger partial charge in [-0.05, 0) is 35.2 Å². The first-order chi connectivity index (χ1) is 11.8. The highest BCUT2D eigenvalue weighted by Gasteiger charge is 2.13. The van der Waals surface area contributed by atoms with Crippen molar-refractivity contribution in [1.29, 1.82) is 0 Å². The normalized spacial score (nSPS) is 12.7. The third kappa shape index (κ3) is 2.99. The number of nitrogens with one attached hydrogen (secondary N) is 1. The Balaban J connectivity index is 1.41. The average Bonchev–Trinajstić information content (AvgIpc) is 3.32. The van der Waals surface area contributed by atoms with Gasteiger partial charge in [0.1, 0.15) is 0 Å². The van der Waals surface area contributed by atoms with Gasteiger partial charge >= 0.3 is 6.01 Å². The van der Waals surface area contributed by atoms with Gasteiger partial charge in [0, 0.05) is 17.0 Å². The summed E-state index contributed by atoms with van der Waals surface area (Å²) in [5.41, 5.74) is 1.64. The van der Waals surface area contributed by atoms with Crippen LogP contribution in [0.25, 0.3) is 17.5 Å². The van der Waals surface area contributed by atoms with Crippen molar-refractivity contribution < 1.29 is 18.7 Å². The Hall–Kier alpha value is -3.13. The van der Waals surface area contributed by atoms with E-state index in [1.807, 2.05) is 22.9 Å². The summed E-state index contributed by atoms with van der Waals surface area (Å²) in [5, 5.41) is 14.0. The van der Waals surface area contributed by atoms with Crippen LogP contribution >= 0.6 is 11.3 Å². The van der Waals surface area contributed by atoms with Crippen LogP contribution in [0.1, 0.15) is 5.56 Å². The van der Waals surface area contributed by atoms with E-state index in [-0.39, 0.29) is 18.7 Å². The van der Waals surface area contributed by atoms with Crippen LogP contribution in [0, 0.1) is 0 Å². The number of hydrogen-bond donors (Lipinski definition) is 1. The van der Waals surface area contributed by atoms with Crippen molar-refractivity contribution in [2.24, 2.45) is 0 Å². The number of thiophene rings is 1. The van der Waals surface area contributed by atoms with E-state index in [4.69, 9.17) is 13.9 Å². The van der Waals surface area contributed by atoms with Gasteiger partial charge in [-0.1, -0.05) is 11.2 Å². The van der Waals surface area contributed by atoms with E-state index in [1.54, 1.807) is 18.2 Å². The fraction of sp³-hybridized carbons (Fsp3) is 0.0625. The van der Waals surface area contributed by atoms with Crippen LogP contribution in [0.3, 0.4) is 0 Å². The summed E-state index contributed by atoms with van der Waals surface area (Å²) in [6, 6.07) is 7.34. The molecular weight excluding hydrogens is 330 g/mol. The fourth-order valence-electron chi connectivity index (χ4n) is 2.11. The number of carbonyl (C=O) groups excluding carboxylic acids is 1. The van der Waals surface area contributed by atoms with Crippen LogP contribution in [0.2, 0.25) is 0 Å². The van der Waals surface area contributed by atoms with Crippen molar-refractivity contribution in [3.05, 3.63) is 46.7 Å². The molecule has 3 heterocycles. The topological polar surface area (TPSA) is 86.5 Å². The molecule has 120 valence electrons. The van der Waals surface area contributed by atoms with E-state index in [0.29, 0.717) is 17.4 Å². The number of aromatic nitrogens is 2. The Morgan fingerprint density at radius 2 is 2.12 bits per heavy atom. The highest BCUT2D eigenvalue weighted by Crippen LogP contribution is 2.32. The van der Waals surface area contributed by atoms with Gasteiger partial charge in [-0.3, -0.25) is 10.1 Å². The molecule has 0 spiro atoms. The maximum absolute atomic E-state index is 11.9. The molecule has 1 aliphatic heterocycles. The number of ether oxygens (including phenoxy) is 2. The quantitative estimate of drug-likeness (QED) is 0.734. The lowest BCUT2D eigenvalue weighted by Gasteiger charge is -1.98. The van der Waals surface area contributed by atoms with E-state index in [9.17, 15) is 4.79 Å². The minimum absolute atomic E-state index is 0.0523. The van der Waals surface area contributed by atoms with Crippen LogP contribution in [-0.2, 0) is 4.79 Å². The van der Waals surface area contributed by atoms with Crippen molar-refractivity contribution in [1.82, 2.24) is 10.2 Å². The van der Waals surface area contributed by atoms with Gasteiger partial charge in [-0.15, -0.1) is 5.10 Å². The molecule has 0 bridgehead atoms. The van der Waals surface area contributed by atoms with E-state index in [0.717, 1.165) is 11.1 Å². The van der Waals surface area contributed by atoms with Gasteiger partial charge in [0.05, 0.1) is 0 Å². The van der Waals surface area contributed by atoms with Gasteiger partial charge in [-0.2, -0.15) is 11.3 Å². The number of carbonyl (C=O) groups is 1. The molecule has 0 saturated carbocycles. The average molecular weight is 341 g/mol. The molecule has 8 heteroatoms. The monoisotopic (exact) mass is 341 g/mol. The summed E-state index contributed by atoms with van der Waals surface area (Å²) in [6.45, 7) is 0.215. The van der Waals surface area contributed by atoms with Crippen molar-refractivity contribution in [2.45, 2.75) is 0 Å². The molecule has 0 unspecified atom stereocenters. The minimum atomic E-state index is -0.367. The zero-order chi connectivity index (χ0) is 16.4. The SMILES string of the molecule is O=C(/C=C/c1ccc2c(c1)OCO2)Nc1nnc(-c2ccsc2)o1. The van der Waals surface area contributed by atoms with Crippen molar-refractivity contribution >= 4 is 29.3 Å². The minimum Gasteiger partial charge on any atom is -0.454 e. The lowest BCUT2D eigenvalue weighted by Crippen LogP contribution is -2.07. The van der Waals surface area contributed by atoms with E-state index in [2.05, 4.69) is 15.5 Å². The number of nitrogens with zero attached hydrogens (tertiary/aromatic N) is 2. The second-order valence-corrected chi connectivity index (χ2v) is 5.64. The largest absolute Gasteiger partial charge is 0.454 e. The first-order valence-corrected chi connectivity index (χ1v) is 7.97. The molecule has 0 aliphatic carbocycles. The van der Waals surface area contributed by atoms with E-state index < -0.39 is 0 Å². The fourth-order valence-corrected chi connectivity index (χ4v) is 2.74. The summed E-state index contributed by atoms with van der Waals surface area (Å²) >= 11 is 1.53. The number of fused-ring (bicyclic) bond motifs is 1. The zero-order valence-corrected chi connectivity index (χ0v) is 13.1. The molecule has 0 radical (unpaired) electrons. The Labute approximate surface area is 140 Å². The van der Waals surface area contributed by atoms with Gasteiger partial charge in [0.25, 0.3) is 11.8 Å². The van der Waals surface area contributed by atoms with E-state index >= 15 is 0 Å². The third-order valence-corrected chi connectivity index (χ3v) is 3.93. The number of benzene rings is 1. The van der Waals surface area contributed by atoms with Crippen molar-refractivity contribution in [2.75, 3.05) is 12.1 Å². The first kappa shape index (κ1) is 14.5. The molecule has 1 amide bonds. The number of rotatable bonds is 4. The van der Waals surface area contributed by atoms with Crippen LogP contribution in [-0.4, -0.2) is 22.9 Å². The molecule has 0 fully saturated rings. The second-order valence-electron chi connectivity index (χ2n) is 4.86. The lowest BCUT2D eigenvalue weighted by atomic mass is 10.2. The van der Waals surface area contributed by atoms with Crippen molar-refractivity contribution in [3.8, 4) is 23.0 Å². The molecule has 1 N–H and O–H groups in total. The Kier molecular flexibility index (Phi) is 3.72. The first-order valence-electron chi connectivity index (χ1n) is 7.03. The maximum Gasteiger partial charge on any atom is 0.322 e. The van der Waals surface area contributed by atoms with Crippen LogP contribution < -0.4 is 14.8 Å². The number of amides is 1. The van der Waals surface area contributed by atoms with E-state index in [1.165, 1.54) is 17.4 Å². The summed E-state index contributed by atoms with van der Waals surface area (Å²) < 4.78 is 15.9. The summed E-state index contributed by atoms with van der Waals surface area (Å²) in [4.78, 5) is 11.9. The van der Waals surface area contributed by atoms with Gasteiger partial charge in [-0.25, -0.2) is 0 Å². The standard InChI is InChI=1S/C16H11N3O4S/c20-14(4-2-10-1-3-12-13(7-10)22-9-21-12)17-16-19-18-15(23-16)11-5-6-24-8-11/h1-8H,9H2,(H,17,19,20)/b4-2+. The smallest absolute Gasteiger partial charge is 0.322 e. The molecule has 2 aromatic heterocycles.